The second-order valence-electron chi connectivity index (χ2n) is 4.73. The highest BCUT2D eigenvalue weighted by Crippen LogP contribution is 2.42. The molecule has 3 rings (SSSR count). The number of benzene rings is 1. The van der Waals surface area contributed by atoms with Crippen LogP contribution in [0.2, 0.25) is 0 Å². The molecule has 0 atom stereocenters. The molecule has 0 amide bonds. The third-order valence-electron chi connectivity index (χ3n) is 3.84. The number of hydrogen-bond donors (Lipinski definition) is 1. The minimum Gasteiger partial charge on any atom is -0.330 e. The summed E-state index contributed by atoms with van der Waals surface area (Å²) in [4.78, 5) is 4.76. The molecule has 0 saturated heterocycles. The van der Waals surface area contributed by atoms with Gasteiger partial charge in [0, 0.05) is 23.0 Å². The topological polar surface area (TPSA) is 38.9 Å². The highest BCUT2D eigenvalue weighted by Gasteiger charge is 2.38. The van der Waals surface area contributed by atoms with Gasteiger partial charge in [-0.2, -0.15) is 0 Å². The number of pyridine rings is 1. The molecule has 2 heteroatoms. The average Bonchev–Trinajstić information content (AvgIpc) is 2.28. The molecule has 0 aliphatic heterocycles. The summed E-state index contributed by atoms with van der Waals surface area (Å²) in [7, 11) is 0. The number of para-hydroxylation sites is 1. The Balaban J connectivity index is 2.11. The highest BCUT2D eigenvalue weighted by molar-refractivity contribution is 5.78. The number of nitrogens with zero attached hydrogens (tertiary/aromatic N) is 1. The Morgan fingerprint density at radius 3 is 2.62 bits per heavy atom. The van der Waals surface area contributed by atoms with E-state index in [4.69, 9.17) is 10.7 Å². The van der Waals surface area contributed by atoms with E-state index in [0.29, 0.717) is 0 Å². The molecule has 2 nitrogen and oxygen atoms in total. The van der Waals surface area contributed by atoms with Crippen LogP contribution in [0.5, 0.6) is 0 Å². The van der Waals surface area contributed by atoms with Gasteiger partial charge in [-0.05, 0) is 25.0 Å². The lowest BCUT2D eigenvalue weighted by atomic mass is 9.66. The zero-order valence-corrected chi connectivity index (χ0v) is 9.32. The summed E-state index contributed by atoms with van der Waals surface area (Å²) in [5, 5.41) is 1.21. The van der Waals surface area contributed by atoms with Gasteiger partial charge < -0.3 is 5.73 Å². The van der Waals surface area contributed by atoms with E-state index < -0.39 is 0 Å². The maximum atomic E-state index is 5.90. The van der Waals surface area contributed by atoms with Gasteiger partial charge in [-0.15, -0.1) is 0 Å². The first kappa shape index (κ1) is 9.79. The van der Waals surface area contributed by atoms with E-state index in [1.807, 2.05) is 12.1 Å². The summed E-state index contributed by atoms with van der Waals surface area (Å²) in [6.07, 6.45) is 3.66. The molecule has 1 aromatic carbocycles. The second-order valence-corrected chi connectivity index (χ2v) is 4.73. The monoisotopic (exact) mass is 212 g/mol. The summed E-state index contributed by atoms with van der Waals surface area (Å²) >= 11 is 0. The highest BCUT2D eigenvalue weighted by atomic mass is 14.8. The van der Waals surface area contributed by atoms with Gasteiger partial charge in [0.2, 0.25) is 0 Å². The van der Waals surface area contributed by atoms with Crippen molar-refractivity contribution in [1.29, 1.82) is 0 Å². The Kier molecular flexibility index (Phi) is 2.18. The lowest BCUT2D eigenvalue weighted by molar-refractivity contribution is 0.246. The Labute approximate surface area is 95.5 Å². The molecule has 82 valence electrons. The van der Waals surface area contributed by atoms with Gasteiger partial charge >= 0.3 is 0 Å². The van der Waals surface area contributed by atoms with Crippen LogP contribution in [-0.2, 0) is 5.41 Å². The van der Waals surface area contributed by atoms with Crippen molar-refractivity contribution in [3.63, 3.8) is 0 Å². The molecule has 1 aromatic heterocycles. The fourth-order valence-corrected chi connectivity index (χ4v) is 2.53. The summed E-state index contributed by atoms with van der Waals surface area (Å²) in [6.45, 7) is 0.721. The lowest BCUT2D eigenvalue weighted by Crippen LogP contribution is -2.42. The molecular weight excluding hydrogens is 196 g/mol. The van der Waals surface area contributed by atoms with Crippen molar-refractivity contribution < 1.29 is 0 Å². The van der Waals surface area contributed by atoms with Gasteiger partial charge in [0.25, 0.3) is 0 Å². The van der Waals surface area contributed by atoms with Crippen LogP contribution in [0.25, 0.3) is 10.9 Å². The van der Waals surface area contributed by atoms with Crippen molar-refractivity contribution >= 4 is 10.9 Å². The molecule has 0 unspecified atom stereocenters. The standard InChI is InChI=1S/C14H16N2/c15-10-14(8-3-9-14)13-7-6-11-4-1-2-5-12(11)16-13/h1-2,4-7H,3,8-10,15H2. The smallest absolute Gasteiger partial charge is 0.0705 e. The van der Waals surface area contributed by atoms with Gasteiger partial charge in [0.1, 0.15) is 0 Å². The predicted octanol–water partition coefficient (Wildman–Crippen LogP) is 2.62. The van der Waals surface area contributed by atoms with Crippen molar-refractivity contribution in [3.8, 4) is 0 Å². The van der Waals surface area contributed by atoms with Crippen molar-refractivity contribution in [1.82, 2.24) is 4.98 Å². The van der Waals surface area contributed by atoms with E-state index >= 15 is 0 Å². The van der Waals surface area contributed by atoms with Crippen LogP contribution in [0.1, 0.15) is 25.0 Å². The molecule has 1 aliphatic rings. The molecule has 2 aromatic rings. The van der Waals surface area contributed by atoms with Gasteiger partial charge in [0.05, 0.1) is 5.52 Å². The first-order valence-electron chi connectivity index (χ1n) is 5.90. The minimum absolute atomic E-state index is 0.171. The van der Waals surface area contributed by atoms with Crippen LogP contribution in [0.3, 0.4) is 0 Å². The van der Waals surface area contributed by atoms with Crippen molar-refractivity contribution in [2.45, 2.75) is 24.7 Å². The number of nitrogens with two attached hydrogens (primary N) is 1. The molecule has 0 bridgehead atoms. The second kappa shape index (κ2) is 3.56. The molecule has 0 spiro atoms. The summed E-state index contributed by atoms with van der Waals surface area (Å²) in [6, 6.07) is 12.6. The summed E-state index contributed by atoms with van der Waals surface area (Å²) in [5.74, 6) is 0. The molecule has 1 heterocycles. The molecule has 16 heavy (non-hydrogen) atoms. The number of fused-ring (bicyclic) bond motifs is 1. The minimum atomic E-state index is 0.171. The van der Waals surface area contributed by atoms with Crippen LogP contribution in [0.15, 0.2) is 36.4 Å². The fraction of sp³-hybridized carbons (Fsp3) is 0.357. The van der Waals surface area contributed by atoms with Crippen molar-refractivity contribution in [3.05, 3.63) is 42.1 Å². The van der Waals surface area contributed by atoms with Gasteiger partial charge in [-0.3, -0.25) is 4.98 Å². The maximum Gasteiger partial charge on any atom is 0.0705 e. The van der Waals surface area contributed by atoms with Crippen molar-refractivity contribution in [2.24, 2.45) is 5.73 Å². The van der Waals surface area contributed by atoms with Crippen LogP contribution in [0, 0.1) is 0 Å². The molecule has 0 radical (unpaired) electrons. The molecule has 2 N–H and O–H groups in total. The maximum absolute atomic E-state index is 5.90. The molecular formula is C14H16N2. The Morgan fingerprint density at radius 1 is 1.12 bits per heavy atom. The fourth-order valence-electron chi connectivity index (χ4n) is 2.53. The lowest BCUT2D eigenvalue weighted by Gasteiger charge is -2.40. The van der Waals surface area contributed by atoms with Crippen LogP contribution >= 0.6 is 0 Å². The van der Waals surface area contributed by atoms with Crippen molar-refractivity contribution in [2.75, 3.05) is 6.54 Å². The Bertz CT molecular complexity index is 509. The summed E-state index contributed by atoms with van der Waals surface area (Å²) in [5.41, 5.74) is 8.34. The Hall–Kier alpha value is -1.41. The van der Waals surface area contributed by atoms with E-state index in [1.165, 1.54) is 30.3 Å². The summed E-state index contributed by atoms with van der Waals surface area (Å²) < 4.78 is 0. The normalized spacial score (nSPS) is 18.3. The van der Waals surface area contributed by atoms with E-state index in [9.17, 15) is 0 Å². The third kappa shape index (κ3) is 1.34. The van der Waals surface area contributed by atoms with Crippen LogP contribution in [0.4, 0.5) is 0 Å². The number of aromatic nitrogens is 1. The van der Waals surface area contributed by atoms with Gasteiger partial charge in [-0.25, -0.2) is 0 Å². The zero-order chi connectivity index (χ0) is 11.0. The van der Waals surface area contributed by atoms with E-state index in [1.54, 1.807) is 0 Å². The van der Waals surface area contributed by atoms with Crippen LogP contribution in [-0.4, -0.2) is 11.5 Å². The first-order chi connectivity index (χ1) is 7.84. The average molecular weight is 212 g/mol. The molecule has 1 saturated carbocycles. The van der Waals surface area contributed by atoms with E-state index in [0.717, 1.165) is 12.1 Å². The Morgan fingerprint density at radius 2 is 1.94 bits per heavy atom. The van der Waals surface area contributed by atoms with Gasteiger partial charge in [-0.1, -0.05) is 30.7 Å². The van der Waals surface area contributed by atoms with E-state index in [-0.39, 0.29) is 5.41 Å². The first-order valence-corrected chi connectivity index (χ1v) is 5.90. The third-order valence-corrected chi connectivity index (χ3v) is 3.84. The number of hydrogen-bond acceptors (Lipinski definition) is 2. The largest absolute Gasteiger partial charge is 0.330 e. The van der Waals surface area contributed by atoms with E-state index in [2.05, 4.69) is 24.3 Å². The van der Waals surface area contributed by atoms with Crippen LogP contribution < -0.4 is 5.73 Å². The quantitative estimate of drug-likeness (QED) is 0.831. The number of rotatable bonds is 2. The SMILES string of the molecule is NCC1(c2ccc3ccccc3n2)CCC1. The molecule has 1 fully saturated rings. The molecule has 1 aliphatic carbocycles. The van der Waals surface area contributed by atoms with Gasteiger partial charge in [0.15, 0.2) is 0 Å². The zero-order valence-electron chi connectivity index (χ0n) is 9.32. The predicted molar refractivity (Wildman–Crippen MR) is 66.3 cm³/mol.